The summed E-state index contributed by atoms with van der Waals surface area (Å²) in [5.74, 6) is -0.333. The number of amides is 1. The summed E-state index contributed by atoms with van der Waals surface area (Å²) in [7, 11) is 0. The molecule has 4 heteroatoms. The van der Waals surface area contributed by atoms with E-state index in [0.717, 1.165) is 12.8 Å². The molecule has 0 fully saturated rings. The fourth-order valence-corrected chi connectivity index (χ4v) is 0.996. The Morgan fingerprint density at radius 1 is 1.40 bits per heavy atom. The number of unbranched alkanes of at least 4 members (excludes halogenated alkanes) is 1. The summed E-state index contributed by atoms with van der Waals surface area (Å²) >= 11 is 0. The van der Waals surface area contributed by atoms with Crippen LogP contribution in [0.25, 0.3) is 0 Å². The zero-order chi connectivity index (χ0) is 11.1. The number of halogens is 1. The highest BCUT2D eigenvalue weighted by molar-refractivity contribution is 5.84. The highest BCUT2D eigenvalue weighted by Crippen LogP contribution is 2.08. The van der Waals surface area contributed by atoms with Crippen LogP contribution >= 0.6 is 0 Å². The average Bonchev–Trinajstić information content (AvgIpc) is 2.22. The van der Waals surface area contributed by atoms with E-state index in [1.807, 2.05) is 6.92 Å². The molecule has 0 aliphatic carbocycles. The Bertz CT molecular complexity index is 311. The third-order valence-electron chi connectivity index (χ3n) is 1.82. The van der Waals surface area contributed by atoms with Crippen LogP contribution in [0.3, 0.4) is 0 Å². The maximum atomic E-state index is 12.5. The van der Waals surface area contributed by atoms with Crippen molar-refractivity contribution in [1.29, 1.82) is 0 Å². The molecule has 0 saturated heterocycles. The number of rotatable bonds is 4. The van der Waals surface area contributed by atoms with Gasteiger partial charge >= 0.3 is 6.09 Å². The second kappa shape index (κ2) is 6.01. The largest absolute Gasteiger partial charge is 0.449 e. The highest BCUT2D eigenvalue weighted by Gasteiger charge is 2.01. The van der Waals surface area contributed by atoms with E-state index in [1.165, 1.54) is 24.3 Å². The number of carbonyl (C=O) groups is 1. The normalized spacial score (nSPS) is 9.73. The van der Waals surface area contributed by atoms with Gasteiger partial charge in [-0.15, -0.1) is 0 Å². The van der Waals surface area contributed by atoms with Crippen LogP contribution in [0, 0.1) is 5.82 Å². The molecule has 1 aromatic carbocycles. The standard InChI is InChI=1S/C11H14FNO2/c1-2-3-8-15-11(14)13-10-6-4-9(12)5-7-10/h4-7H,2-3,8H2,1H3,(H,13,14). The molecule has 0 radical (unpaired) electrons. The zero-order valence-corrected chi connectivity index (χ0v) is 8.63. The number of ether oxygens (including phenoxy) is 1. The summed E-state index contributed by atoms with van der Waals surface area (Å²) in [5, 5.41) is 2.50. The Hall–Kier alpha value is -1.58. The van der Waals surface area contributed by atoms with Gasteiger partial charge in [-0.3, -0.25) is 5.32 Å². The Balaban J connectivity index is 2.34. The lowest BCUT2D eigenvalue weighted by Crippen LogP contribution is -2.14. The first-order valence-electron chi connectivity index (χ1n) is 4.91. The van der Waals surface area contributed by atoms with Gasteiger partial charge in [0.25, 0.3) is 0 Å². The Morgan fingerprint density at radius 3 is 2.67 bits per heavy atom. The van der Waals surface area contributed by atoms with Crippen molar-refractivity contribution in [2.24, 2.45) is 0 Å². The van der Waals surface area contributed by atoms with Crippen molar-refractivity contribution in [2.75, 3.05) is 11.9 Å². The van der Waals surface area contributed by atoms with Gasteiger partial charge in [0.1, 0.15) is 5.82 Å². The molecule has 15 heavy (non-hydrogen) atoms. The van der Waals surface area contributed by atoms with Crippen molar-refractivity contribution >= 4 is 11.8 Å². The summed E-state index contributed by atoms with van der Waals surface area (Å²) in [5.41, 5.74) is 0.526. The van der Waals surface area contributed by atoms with Crippen molar-refractivity contribution in [2.45, 2.75) is 19.8 Å². The van der Waals surface area contributed by atoms with Gasteiger partial charge in [-0.25, -0.2) is 9.18 Å². The van der Waals surface area contributed by atoms with Crippen LogP contribution in [0.1, 0.15) is 19.8 Å². The highest BCUT2D eigenvalue weighted by atomic mass is 19.1. The quantitative estimate of drug-likeness (QED) is 0.777. The van der Waals surface area contributed by atoms with Crippen molar-refractivity contribution in [3.63, 3.8) is 0 Å². The average molecular weight is 211 g/mol. The van der Waals surface area contributed by atoms with Gasteiger partial charge in [0, 0.05) is 5.69 Å². The van der Waals surface area contributed by atoms with Gasteiger partial charge in [0.15, 0.2) is 0 Å². The van der Waals surface area contributed by atoms with Crippen LogP contribution in [0.4, 0.5) is 14.9 Å². The molecule has 0 bridgehead atoms. The first-order chi connectivity index (χ1) is 7.22. The van der Waals surface area contributed by atoms with Crippen LogP contribution in [-0.2, 0) is 4.74 Å². The smallest absolute Gasteiger partial charge is 0.411 e. The minimum absolute atomic E-state index is 0.333. The zero-order valence-electron chi connectivity index (χ0n) is 8.63. The third-order valence-corrected chi connectivity index (χ3v) is 1.82. The number of hydrogen-bond acceptors (Lipinski definition) is 2. The lowest BCUT2D eigenvalue weighted by atomic mass is 10.3. The van der Waals surface area contributed by atoms with Crippen LogP contribution in [-0.4, -0.2) is 12.7 Å². The van der Waals surface area contributed by atoms with Gasteiger partial charge in [-0.05, 0) is 30.7 Å². The van der Waals surface area contributed by atoms with E-state index in [9.17, 15) is 9.18 Å². The molecule has 3 nitrogen and oxygen atoms in total. The van der Waals surface area contributed by atoms with Gasteiger partial charge < -0.3 is 4.74 Å². The van der Waals surface area contributed by atoms with Crippen LogP contribution in [0.2, 0.25) is 0 Å². The lowest BCUT2D eigenvalue weighted by molar-refractivity contribution is 0.160. The van der Waals surface area contributed by atoms with E-state index in [4.69, 9.17) is 4.74 Å². The molecular formula is C11H14FNO2. The van der Waals surface area contributed by atoms with E-state index < -0.39 is 6.09 Å². The van der Waals surface area contributed by atoms with E-state index in [0.29, 0.717) is 12.3 Å². The van der Waals surface area contributed by atoms with Crippen LogP contribution in [0.5, 0.6) is 0 Å². The van der Waals surface area contributed by atoms with E-state index >= 15 is 0 Å². The minimum atomic E-state index is -0.505. The molecule has 0 atom stereocenters. The first-order valence-corrected chi connectivity index (χ1v) is 4.91. The summed E-state index contributed by atoms with van der Waals surface area (Å²) in [4.78, 5) is 11.1. The van der Waals surface area contributed by atoms with Gasteiger partial charge in [-0.2, -0.15) is 0 Å². The third kappa shape index (κ3) is 4.44. The predicted molar refractivity (Wildman–Crippen MR) is 56.3 cm³/mol. The molecule has 82 valence electrons. The number of hydrogen-bond donors (Lipinski definition) is 1. The predicted octanol–water partition coefficient (Wildman–Crippen LogP) is 3.17. The monoisotopic (exact) mass is 211 g/mol. The van der Waals surface area contributed by atoms with Crippen LogP contribution < -0.4 is 5.32 Å². The molecule has 0 aliphatic heterocycles. The lowest BCUT2D eigenvalue weighted by Gasteiger charge is -2.05. The molecule has 0 unspecified atom stereocenters. The number of carbonyl (C=O) groups excluding carboxylic acids is 1. The van der Waals surface area contributed by atoms with Gasteiger partial charge in [0.05, 0.1) is 6.61 Å². The summed E-state index contributed by atoms with van der Waals surface area (Å²) < 4.78 is 17.4. The number of anilines is 1. The first kappa shape index (κ1) is 11.5. The molecule has 1 aromatic rings. The van der Waals surface area contributed by atoms with Crippen LogP contribution in [0.15, 0.2) is 24.3 Å². The number of benzene rings is 1. The van der Waals surface area contributed by atoms with Crippen molar-refractivity contribution in [3.8, 4) is 0 Å². The van der Waals surface area contributed by atoms with Crippen molar-refractivity contribution < 1.29 is 13.9 Å². The van der Waals surface area contributed by atoms with E-state index in [-0.39, 0.29) is 5.82 Å². The fraction of sp³-hybridized carbons (Fsp3) is 0.364. The van der Waals surface area contributed by atoms with Crippen molar-refractivity contribution in [3.05, 3.63) is 30.1 Å². The Kier molecular flexibility index (Phi) is 4.60. The summed E-state index contributed by atoms with van der Waals surface area (Å²) in [6.45, 7) is 2.42. The molecule has 0 aromatic heterocycles. The van der Waals surface area contributed by atoms with Gasteiger partial charge in [-0.1, -0.05) is 13.3 Å². The van der Waals surface area contributed by atoms with Crippen molar-refractivity contribution in [1.82, 2.24) is 0 Å². The topological polar surface area (TPSA) is 38.3 Å². The minimum Gasteiger partial charge on any atom is -0.449 e. The Morgan fingerprint density at radius 2 is 2.07 bits per heavy atom. The maximum Gasteiger partial charge on any atom is 0.411 e. The van der Waals surface area contributed by atoms with E-state index in [1.54, 1.807) is 0 Å². The molecule has 0 spiro atoms. The molecule has 1 amide bonds. The molecule has 1 rings (SSSR count). The summed E-state index contributed by atoms with van der Waals surface area (Å²) in [6, 6.07) is 5.52. The summed E-state index contributed by atoms with van der Waals surface area (Å²) in [6.07, 6.45) is 1.32. The molecule has 0 saturated carbocycles. The molecular weight excluding hydrogens is 197 g/mol. The number of nitrogens with one attached hydrogen (secondary N) is 1. The maximum absolute atomic E-state index is 12.5. The van der Waals surface area contributed by atoms with Gasteiger partial charge in [0.2, 0.25) is 0 Å². The SMILES string of the molecule is CCCCOC(=O)Nc1ccc(F)cc1. The molecule has 1 N–H and O–H groups in total. The molecule has 0 aliphatic rings. The molecule has 0 heterocycles. The Labute approximate surface area is 88.2 Å². The fourth-order valence-electron chi connectivity index (χ4n) is 0.996. The van der Waals surface area contributed by atoms with E-state index in [2.05, 4.69) is 5.32 Å². The second-order valence-electron chi connectivity index (χ2n) is 3.12. The second-order valence-corrected chi connectivity index (χ2v) is 3.12.